The van der Waals surface area contributed by atoms with Gasteiger partial charge in [0.15, 0.2) is 5.82 Å². The molecule has 1 fully saturated rings. The predicted octanol–water partition coefficient (Wildman–Crippen LogP) is 2.59. The minimum absolute atomic E-state index is 0.174. The number of carbonyl (C=O) groups excluding carboxylic acids is 1. The van der Waals surface area contributed by atoms with Crippen molar-refractivity contribution >= 4 is 22.7 Å². The van der Waals surface area contributed by atoms with Gasteiger partial charge in [0.05, 0.1) is 12.0 Å². The third-order valence-corrected chi connectivity index (χ3v) is 4.68. The first-order valence-electron chi connectivity index (χ1n) is 8.82. The summed E-state index contributed by atoms with van der Waals surface area (Å²) in [6, 6.07) is 7.45. The van der Waals surface area contributed by atoms with Crippen molar-refractivity contribution in [2.75, 3.05) is 31.6 Å². The Balaban J connectivity index is 1.51. The lowest BCUT2D eigenvalue weighted by atomic mass is 9.94. The highest BCUT2D eigenvalue weighted by Crippen LogP contribution is 2.22. The van der Waals surface area contributed by atoms with Crippen molar-refractivity contribution in [3.8, 4) is 0 Å². The van der Waals surface area contributed by atoms with E-state index in [0.717, 1.165) is 44.3 Å². The first-order chi connectivity index (χ1) is 12.2. The largest absolute Gasteiger partial charge is 0.450 e. The van der Waals surface area contributed by atoms with Crippen LogP contribution in [0.4, 0.5) is 10.6 Å². The maximum absolute atomic E-state index is 11.8. The van der Waals surface area contributed by atoms with Crippen molar-refractivity contribution in [1.82, 2.24) is 15.1 Å². The lowest BCUT2D eigenvalue weighted by Gasteiger charge is -2.31. The molecule has 7 nitrogen and oxygen atoms in total. The van der Waals surface area contributed by atoms with Crippen LogP contribution in [0.1, 0.15) is 26.2 Å². The number of hydrogen-bond donors (Lipinski definition) is 2. The van der Waals surface area contributed by atoms with Gasteiger partial charge >= 0.3 is 6.09 Å². The molecular weight excluding hydrogens is 320 g/mol. The molecule has 1 amide bonds. The molecule has 3 rings (SSSR count). The Bertz CT molecular complexity index is 781. The van der Waals surface area contributed by atoms with E-state index in [-0.39, 0.29) is 11.7 Å². The quantitative estimate of drug-likeness (QED) is 0.870. The summed E-state index contributed by atoms with van der Waals surface area (Å²) in [6.07, 6.45) is 2.77. The molecule has 0 atom stereocenters. The fourth-order valence-corrected chi connectivity index (χ4v) is 3.26. The first-order valence-corrected chi connectivity index (χ1v) is 8.82. The van der Waals surface area contributed by atoms with Crippen LogP contribution in [0.5, 0.6) is 0 Å². The van der Waals surface area contributed by atoms with Crippen LogP contribution >= 0.6 is 0 Å². The summed E-state index contributed by atoms with van der Waals surface area (Å²) in [7, 11) is 0. The summed E-state index contributed by atoms with van der Waals surface area (Å²) in [6.45, 7) is 4.54. The number of ether oxygens (including phenoxy) is 1. The molecule has 0 unspecified atom stereocenters. The SMILES string of the molecule is CCOC(=O)N1CCC(CCNc2n[nH]c(=O)c3ccccc23)CC1. The van der Waals surface area contributed by atoms with Crippen LogP contribution < -0.4 is 10.9 Å². The number of benzene rings is 1. The molecule has 0 aliphatic carbocycles. The Morgan fingerprint density at radius 2 is 2.04 bits per heavy atom. The van der Waals surface area contributed by atoms with Gasteiger partial charge in [-0.05, 0) is 38.2 Å². The second kappa shape index (κ2) is 8.00. The van der Waals surface area contributed by atoms with Gasteiger partial charge in [0.1, 0.15) is 0 Å². The number of carbonyl (C=O) groups is 1. The molecule has 25 heavy (non-hydrogen) atoms. The first kappa shape index (κ1) is 17.3. The van der Waals surface area contributed by atoms with Crippen LogP contribution in [0.3, 0.4) is 0 Å². The van der Waals surface area contributed by atoms with Crippen molar-refractivity contribution in [2.45, 2.75) is 26.2 Å². The molecule has 0 radical (unpaired) electrons. The fourth-order valence-electron chi connectivity index (χ4n) is 3.26. The Hall–Kier alpha value is -2.57. The number of amides is 1. The molecule has 1 aliphatic rings. The van der Waals surface area contributed by atoms with Gasteiger partial charge < -0.3 is 15.0 Å². The Morgan fingerprint density at radius 3 is 2.76 bits per heavy atom. The summed E-state index contributed by atoms with van der Waals surface area (Å²) in [5.74, 6) is 1.28. The standard InChI is InChI=1S/C18H24N4O3/c1-2-25-18(24)22-11-8-13(9-12-22)7-10-19-16-14-5-3-4-6-15(14)17(23)21-20-16/h3-6,13H,2,7-12H2,1H3,(H,19,20)(H,21,23). The summed E-state index contributed by atoms with van der Waals surface area (Å²) in [5, 5.41) is 11.5. The second-order valence-corrected chi connectivity index (χ2v) is 6.29. The van der Waals surface area contributed by atoms with Crippen molar-refractivity contribution in [2.24, 2.45) is 5.92 Å². The van der Waals surface area contributed by atoms with Crippen LogP contribution in [0.15, 0.2) is 29.1 Å². The topological polar surface area (TPSA) is 87.3 Å². The molecule has 1 aromatic carbocycles. The second-order valence-electron chi connectivity index (χ2n) is 6.29. The van der Waals surface area contributed by atoms with E-state index in [9.17, 15) is 9.59 Å². The van der Waals surface area contributed by atoms with Gasteiger partial charge in [-0.15, -0.1) is 0 Å². The molecule has 2 N–H and O–H groups in total. The van der Waals surface area contributed by atoms with Crippen LogP contribution in [-0.4, -0.2) is 47.4 Å². The van der Waals surface area contributed by atoms with Gasteiger partial charge in [-0.1, -0.05) is 18.2 Å². The summed E-state index contributed by atoms with van der Waals surface area (Å²) < 4.78 is 5.04. The van der Waals surface area contributed by atoms with Crippen molar-refractivity contribution in [3.63, 3.8) is 0 Å². The van der Waals surface area contributed by atoms with Gasteiger partial charge in [-0.2, -0.15) is 5.10 Å². The average molecular weight is 344 g/mol. The number of anilines is 1. The number of fused-ring (bicyclic) bond motifs is 1. The average Bonchev–Trinajstić information content (AvgIpc) is 2.64. The number of rotatable bonds is 5. The third-order valence-electron chi connectivity index (χ3n) is 4.68. The number of likely N-dealkylation sites (tertiary alicyclic amines) is 1. The predicted molar refractivity (Wildman–Crippen MR) is 96.8 cm³/mol. The summed E-state index contributed by atoms with van der Waals surface area (Å²) in [5.41, 5.74) is -0.174. The van der Waals surface area contributed by atoms with Gasteiger partial charge in [-0.3, -0.25) is 4.79 Å². The highest BCUT2D eigenvalue weighted by atomic mass is 16.6. The van der Waals surface area contributed by atoms with Gasteiger partial charge in [0.2, 0.25) is 0 Å². The van der Waals surface area contributed by atoms with E-state index in [1.165, 1.54) is 0 Å². The maximum atomic E-state index is 11.8. The Kier molecular flexibility index (Phi) is 5.53. The molecular formula is C18H24N4O3. The highest BCUT2D eigenvalue weighted by molar-refractivity contribution is 5.90. The molecule has 1 aromatic heterocycles. The van der Waals surface area contributed by atoms with E-state index in [1.807, 2.05) is 25.1 Å². The molecule has 1 saturated heterocycles. The van der Waals surface area contributed by atoms with Crippen LogP contribution in [-0.2, 0) is 4.74 Å². The Labute approximate surface area is 146 Å². The summed E-state index contributed by atoms with van der Waals surface area (Å²) in [4.78, 5) is 25.3. The molecule has 7 heteroatoms. The lowest BCUT2D eigenvalue weighted by Crippen LogP contribution is -2.39. The number of nitrogens with one attached hydrogen (secondary N) is 2. The fraction of sp³-hybridized carbons (Fsp3) is 0.500. The van der Waals surface area contributed by atoms with E-state index >= 15 is 0 Å². The zero-order valence-corrected chi connectivity index (χ0v) is 14.5. The summed E-state index contributed by atoms with van der Waals surface area (Å²) >= 11 is 0. The molecule has 134 valence electrons. The molecule has 1 aliphatic heterocycles. The number of H-pyrrole nitrogens is 1. The number of aromatic amines is 1. The molecule has 0 spiro atoms. The van der Waals surface area contributed by atoms with Gasteiger partial charge in [0, 0.05) is 25.0 Å². The van der Waals surface area contributed by atoms with Crippen LogP contribution in [0, 0.1) is 5.92 Å². The minimum atomic E-state index is -0.206. The maximum Gasteiger partial charge on any atom is 0.409 e. The molecule has 2 heterocycles. The zero-order chi connectivity index (χ0) is 17.6. The van der Waals surface area contributed by atoms with Crippen LogP contribution in [0.25, 0.3) is 10.8 Å². The van der Waals surface area contributed by atoms with Gasteiger partial charge in [0.25, 0.3) is 5.56 Å². The highest BCUT2D eigenvalue weighted by Gasteiger charge is 2.23. The van der Waals surface area contributed by atoms with E-state index in [0.29, 0.717) is 23.7 Å². The van der Waals surface area contributed by atoms with E-state index < -0.39 is 0 Å². The number of nitrogens with zero attached hydrogens (tertiary/aromatic N) is 2. The number of hydrogen-bond acceptors (Lipinski definition) is 5. The van der Waals surface area contributed by atoms with Crippen LogP contribution in [0.2, 0.25) is 0 Å². The minimum Gasteiger partial charge on any atom is -0.450 e. The lowest BCUT2D eigenvalue weighted by molar-refractivity contribution is 0.0913. The zero-order valence-electron chi connectivity index (χ0n) is 14.5. The van der Waals surface area contributed by atoms with Crippen molar-refractivity contribution < 1.29 is 9.53 Å². The Morgan fingerprint density at radius 1 is 1.32 bits per heavy atom. The van der Waals surface area contributed by atoms with E-state index in [2.05, 4.69) is 15.5 Å². The van der Waals surface area contributed by atoms with Crippen molar-refractivity contribution in [3.05, 3.63) is 34.6 Å². The monoisotopic (exact) mass is 344 g/mol. The molecule has 0 saturated carbocycles. The van der Waals surface area contributed by atoms with Crippen molar-refractivity contribution in [1.29, 1.82) is 0 Å². The smallest absolute Gasteiger partial charge is 0.409 e. The van der Waals surface area contributed by atoms with E-state index in [1.54, 1.807) is 11.0 Å². The molecule has 2 aromatic rings. The number of aromatic nitrogens is 2. The molecule has 0 bridgehead atoms. The normalized spacial score (nSPS) is 15.3. The van der Waals surface area contributed by atoms with E-state index in [4.69, 9.17) is 4.74 Å². The number of piperidine rings is 1. The van der Waals surface area contributed by atoms with Gasteiger partial charge in [-0.25, -0.2) is 9.89 Å². The third kappa shape index (κ3) is 4.10.